The number of hydrogen-bond donors (Lipinski definition) is 0. The van der Waals surface area contributed by atoms with Crippen molar-refractivity contribution < 1.29 is 9.53 Å². The van der Waals surface area contributed by atoms with Crippen molar-refractivity contribution in [3.8, 4) is 5.75 Å². The van der Waals surface area contributed by atoms with Crippen molar-refractivity contribution in [2.75, 3.05) is 6.61 Å². The standard InChI is InChI=1S/C20H24O2/c1-3-4-5-6-15-22-19-13-11-18(12-14-19)20(21)17-9-7-16(2)8-10-17/h7-14H,3-6,15H2,1-2H3. The first kappa shape index (κ1) is 16.3. The van der Waals surface area contributed by atoms with Crippen molar-refractivity contribution in [3.05, 3.63) is 65.2 Å². The molecule has 0 saturated heterocycles. The normalized spacial score (nSPS) is 10.5. The molecular formula is C20H24O2. The summed E-state index contributed by atoms with van der Waals surface area (Å²) in [6, 6.07) is 15.1. The van der Waals surface area contributed by atoms with E-state index in [1.54, 1.807) is 0 Å². The van der Waals surface area contributed by atoms with Crippen LogP contribution in [-0.2, 0) is 0 Å². The topological polar surface area (TPSA) is 26.3 Å². The molecule has 2 heteroatoms. The molecule has 116 valence electrons. The lowest BCUT2D eigenvalue weighted by Gasteiger charge is -2.07. The second-order valence-corrected chi connectivity index (χ2v) is 5.63. The number of ketones is 1. The summed E-state index contributed by atoms with van der Waals surface area (Å²) in [5, 5.41) is 0. The molecule has 0 unspecified atom stereocenters. The molecule has 2 aromatic rings. The average Bonchev–Trinajstić information content (AvgIpc) is 2.55. The fourth-order valence-electron chi connectivity index (χ4n) is 2.29. The largest absolute Gasteiger partial charge is 0.494 e. The van der Waals surface area contributed by atoms with Crippen molar-refractivity contribution in [3.63, 3.8) is 0 Å². The van der Waals surface area contributed by atoms with Crippen molar-refractivity contribution in [1.82, 2.24) is 0 Å². The van der Waals surface area contributed by atoms with Gasteiger partial charge in [-0.25, -0.2) is 0 Å². The molecule has 0 fully saturated rings. The van der Waals surface area contributed by atoms with Gasteiger partial charge in [0, 0.05) is 11.1 Å². The summed E-state index contributed by atoms with van der Waals surface area (Å²) in [6.45, 7) is 4.96. The summed E-state index contributed by atoms with van der Waals surface area (Å²) < 4.78 is 5.70. The summed E-state index contributed by atoms with van der Waals surface area (Å²) in [5.41, 5.74) is 2.57. The van der Waals surface area contributed by atoms with Gasteiger partial charge in [0.2, 0.25) is 0 Å². The van der Waals surface area contributed by atoms with Crippen LogP contribution in [0.4, 0.5) is 0 Å². The maximum absolute atomic E-state index is 12.4. The molecule has 0 saturated carbocycles. The first-order chi connectivity index (χ1) is 10.7. The third kappa shape index (κ3) is 4.73. The van der Waals surface area contributed by atoms with Crippen LogP contribution in [0.1, 0.15) is 54.1 Å². The number of rotatable bonds is 8. The molecule has 0 aliphatic carbocycles. The molecule has 0 atom stereocenters. The van der Waals surface area contributed by atoms with Gasteiger partial charge in [-0.1, -0.05) is 56.0 Å². The molecule has 2 nitrogen and oxygen atoms in total. The van der Waals surface area contributed by atoms with Crippen LogP contribution in [0.3, 0.4) is 0 Å². The SMILES string of the molecule is CCCCCCOc1ccc(C(=O)c2ccc(C)cc2)cc1. The Morgan fingerprint density at radius 3 is 2.05 bits per heavy atom. The van der Waals surface area contributed by atoms with Gasteiger partial charge in [0.1, 0.15) is 5.75 Å². The Kier molecular flexibility index (Phi) is 6.20. The summed E-state index contributed by atoms with van der Waals surface area (Å²) in [6.07, 6.45) is 4.78. The molecule has 0 aromatic heterocycles. The van der Waals surface area contributed by atoms with Gasteiger partial charge in [-0.05, 0) is 37.6 Å². The van der Waals surface area contributed by atoms with Crippen molar-refractivity contribution >= 4 is 5.78 Å². The number of carbonyl (C=O) groups excluding carboxylic acids is 1. The quantitative estimate of drug-likeness (QED) is 0.495. The molecule has 0 aliphatic heterocycles. The lowest BCUT2D eigenvalue weighted by Crippen LogP contribution is -2.02. The number of carbonyl (C=O) groups is 1. The summed E-state index contributed by atoms with van der Waals surface area (Å²) in [4.78, 5) is 12.4. The lowest BCUT2D eigenvalue weighted by atomic mass is 10.0. The molecule has 0 aliphatic rings. The van der Waals surface area contributed by atoms with Crippen LogP contribution in [0, 0.1) is 6.92 Å². The van der Waals surface area contributed by atoms with Crippen LogP contribution >= 0.6 is 0 Å². The third-order valence-corrected chi connectivity index (χ3v) is 3.70. The van der Waals surface area contributed by atoms with Gasteiger partial charge in [0.05, 0.1) is 6.61 Å². The lowest BCUT2D eigenvalue weighted by molar-refractivity contribution is 0.103. The highest BCUT2D eigenvalue weighted by Crippen LogP contribution is 2.16. The first-order valence-corrected chi connectivity index (χ1v) is 8.05. The molecule has 22 heavy (non-hydrogen) atoms. The van der Waals surface area contributed by atoms with Crippen molar-refractivity contribution in [1.29, 1.82) is 0 Å². The minimum Gasteiger partial charge on any atom is -0.494 e. The number of ether oxygens (including phenoxy) is 1. The maximum atomic E-state index is 12.4. The van der Waals surface area contributed by atoms with E-state index < -0.39 is 0 Å². The zero-order valence-corrected chi connectivity index (χ0v) is 13.5. The zero-order valence-electron chi connectivity index (χ0n) is 13.5. The molecule has 2 rings (SSSR count). The molecular weight excluding hydrogens is 272 g/mol. The van der Waals surface area contributed by atoms with Gasteiger partial charge in [-0.3, -0.25) is 4.79 Å². The van der Waals surface area contributed by atoms with Gasteiger partial charge in [0.25, 0.3) is 0 Å². The van der Waals surface area contributed by atoms with Gasteiger partial charge >= 0.3 is 0 Å². The van der Waals surface area contributed by atoms with Crippen molar-refractivity contribution in [2.45, 2.75) is 39.5 Å². The number of benzene rings is 2. The van der Waals surface area contributed by atoms with E-state index in [0.717, 1.165) is 29.9 Å². The Bertz CT molecular complexity index is 582. The fraction of sp³-hybridized carbons (Fsp3) is 0.350. The summed E-state index contributed by atoms with van der Waals surface area (Å²) in [7, 11) is 0. The predicted molar refractivity (Wildman–Crippen MR) is 90.7 cm³/mol. The first-order valence-electron chi connectivity index (χ1n) is 8.05. The molecule has 0 amide bonds. The predicted octanol–water partition coefficient (Wildman–Crippen LogP) is 5.19. The van der Waals surface area contributed by atoms with Crippen LogP contribution in [-0.4, -0.2) is 12.4 Å². The second-order valence-electron chi connectivity index (χ2n) is 5.63. The van der Waals surface area contributed by atoms with Crippen molar-refractivity contribution in [2.24, 2.45) is 0 Å². The van der Waals surface area contributed by atoms with E-state index in [1.807, 2.05) is 55.5 Å². The molecule has 0 N–H and O–H groups in total. The Balaban J connectivity index is 1.91. The van der Waals surface area contributed by atoms with Crippen LogP contribution in [0.5, 0.6) is 5.75 Å². The monoisotopic (exact) mass is 296 g/mol. The fourth-order valence-corrected chi connectivity index (χ4v) is 2.29. The van der Waals surface area contributed by atoms with Gasteiger partial charge in [0.15, 0.2) is 5.78 Å². The van der Waals surface area contributed by atoms with E-state index in [9.17, 15) is 4.79 Å². The average molecular weight is 296 g/mol. The number of hydrogen-bond acceptors (Lipinski definition) is 2. The molecule has 0 radical (unpaired) electrons. The highest BCUT2D eigenvalue weighted by molar-refractivity contribution is 6.09. The van der Waals surface area contributed by atoms with E-state index in [4.69, 9.17) is 4.74 Å². The third-order valence-electron chi connectivity index (χ3n) is 3.70. The van der Waals surface area contributed by atoms with E-state index >= 15 is 0 Å². The number of unbranched alkanes of at least 4 members (excludes halogenated alkanes) is 3. The van der Waals surface area contributed by atoms with Crippen LogP contribution in [0.2, 0.25) is 0 Å². The molecule has 0 heterocycles. The number of aryl methyl sites for hydroxylation is 1. The Morgan fingerprint density at radius 2 is 1.45 bits per heavy atom. The smallest absolute Gasteiger partial charge is 0.193 e. The molecule has 2 aromatic carbocycles. The molecule has 0 spiro atoms. The second kappa shape index (κ2) is 8.38. The minimum atomic E-state index is 0.0505. The van der Waals surface area contributed by atoms with Crippen LogP contribution in [0.15, 0.2) is 48.5 Å². The van der Waals surface area contributed by atoms with Crippen LogP contribution < -0.4 is 4.74 Å². The highest BCUT2D eigenvalue weighted by Gasteiger charge is 2.08. The minimum absolute atomic E-state index is 0.0505. The highest BCUT2D eigenvalue weighted by atomic mass is 16.5. The van der Waals surface area contributed by atoms with E-state index in [2.05, 4.69) is 6.92 Å². The Morgan fingerprint density at radius 1 is 0.864 bits per heavy atom. The summed E-state index contributed by atoms with van der Waals surface area (Å²) >= 11 is 0. The Hall–Kier alpha value is -2.09. The van der Waals surface area contributed by atoms with E-state index in [1.165, 1.54) is 19.3 Å². The van der Waals surface area contributed by atoms with Gasteiger partial charge in [-0.2, -0.15) is 0 Å². The zero-order chi connectivity index (χ0) is 15.8. The Labute approximate surface area is 133 Å². The maximum Gasteiger partial charge on any atom is 0.193 e. The molecule has 0 bridgehead atoms. The van der Waals surface area contributed by atoms with Crippen LogP contribution in [0.25, 0.3) is 0 Å². The van der Waals surface area contributed by atoms with Gasteiger partial charge in [-0.15, -0.1) is 0 Å². The van der Waals surface area contributed by atoms with E-state index in [0.29, 0.717) is 5.56 Å². The summed E-state index contributed by atoms with van der Waals surface area (Å²) in [5.74, 6) is 0.881. The van der Waals surface area contributed by atoms with Gasteiger partial charge < -0.3 is 4.74 Å². The van der Waals surface area contributed by atoms with E-state index in [-0.39, 0.29) is 5.78 Å².